The van der Waals surface area contributed by atoms with Gasteiger partial charge in [0.15, 0.2) is 11.5 Å². The minimum atomic E-state index is -0.237. The number of benzene rings is 2. The monoisotopic (exact) mass is 378 g/mol. The Bertz CT molecular complexity index is 929. The Balaban J connectivity index is 1.63. The van der Waals surface area contributed by atoms with Crippen LogP contribution < -0.4 is 19.5 Å². The molecule has 0 saturated carbocycles. The lowest BCUT2D eigenvalue weighted by atomic mass is 10.1. The van der Waals surface area contributed by atoms with Crippen LogP contribution in [0.4, 0.5) is 0 Å². The van der Waals surface area contributed by atoms with Crippen molar-refractivity contribution in [1.29, 1.82) is 0 Å². The number of carbonyl (C=O) groups excluding carboxylic acids is 1. The summed E-state index contributed by atoms with van der Waals surface area (Å²) >= 11 is 0. The van der Waals surface area contributed by atoms with Crippen molar-refractivity contribution in [2.75, 3.05) is 20.8 Å². The number of carbonyl (C=O) groups is 1. The van der Waals surface area contributed by atoms with Crippen LogP contribution in [0.15, 0.2) is 66.9 Å². The van der Waals surface area contributed by atoms with Gasteiger partial charge in [0.2, 0.25) is 5.88 Å². The van der Waals surface area contributed by atoms with Gasteiger partial charge in [-0.05, 0) is 48.4 Å². The smallest absolute Gasteiger partial charge is 0.256 e. The van der Waals surface area contributed by atoms with Gasteiger partial charge in [0.05, 0.1) is 14.2 Å². The van der Waals surface area contributed by atoms with Crippen molar-refractivity contribution >= 4 is 5.91 Å². The minimum absolute atomic E-state index is 0.237. The van der Waals surface area contributed by atoms with Gasteiger partial charge in [-0.2, -0.15) is 0 Å². The number of nitrogens with zero attached hydrogens (tertiary/aromatic N) is 1. The van der Waals surface area contributed by atoms with Crippen LogP contribution in [0.5, 0.6) is 23.1 Å². The van der Waals surface area contributed by atoms with E-state index in [2.05, 4.69) is 10.3 Å². The molecule has 0 radical (unpaired) electrons. The van der Waals surface area contributed by atoms with E-state index in [4.69, 9.17) is 14.2 Å². The van der Waals surface area contributed by atoms with Crippen molar-refractivity contribution in [3.63, 3.8) is 0 Å². The summed E-state index contributed by atoms with van der Waals surface area (Å²) in [6, 6.07) is 18.3. The van der Waals surface area contributed by atoms with Crippen LogP contribution in [-0.2, 0) is 6.42 Å². The van der Waals surface area contributed by atoms with Crippen LogP contribution in [0.25, 0.3) is 0 Å². The molecule has 3 aromatic rings. The predicted molar refractivity (Wildman–Crippen MR) is 106 cm³/mol. The average Bonchev–Trinajstić information content (AvgIpc) is 2.74. The molecule has 0 saturated heterocycles. The number of hydrogen-bond donors (Lipinski definition) is 1. The zero-order valence-electron chi connectivity index (χ0n) is 15.8. The second-order valence-electron chi connectivity index (χ2n) is 5.97. The van der Waals surface area contributed by atoms with E-state index in [1.54, 1.807) is 32.5 Å². The zero-order valence-corrected chi connectivity index (χ0v) is 15.8. The van der Waals surface area contributed by atoms with E-state index >= 15 is 0 Å². The highest BCUT2D eigenvalue weighted by molar-refractivity contribution is 5.96. The van der Waals surface area contributed by atoms with Gasteiger partial charge in [0.25, 0.3) is 5.91 Å². The maximum Gasteiger partial charge on any atom is 0.256 e. The topological polar surface area (TPSA) is 69.7 Å². The number of methoxy groups -OCH3 is 2. The molecule has 1 N–H and O–H groups in total. The SMILES string of the molecule is COc1ccc(CCNC(=O)c2cccnc2Oc2ccccc2)cc1OC. The van der Waals surface area contributed by atoms with E-state index in [1.807, 2.05) is 48.5 Å². The van der Waals surface area contributed by atoms with Gasteiger partial charge in [0.1, 0.15) is 11.3 Å². The third kappa shape index (κ3) is 4.79. The van der Waals surface area contributed by atoms with Gasteiger partial charge in [0, 0.05) is 12.7 Å². The summed E-state index contributed by atoms with van der Waals surface area (Å²) in [4.78, 5) is 16.8. The van der Waals surface area contributed by atoms with Crippen molar-refractivity contribution in [3.8, 4) is 23.1 Å². The lowest BCUT2D eigenvalue weighted by Crippen LogP contribution is -2.26. The van der Waals surface area contributed by atoms with Crippen LogP contribution in [0.2, 0.25) is 0 Å². The Hall–Kier alpha value is -3.54. The van der Waals surface area contributed by atoms with Crippen molar-refractivity contribution in [2.45, 2.75) is 6.42 Å². The second kappa shape index (κ2) is 9.41. The van der Waals surface area contributed by atoms with E-state index in [0.717, 1.165) is 5.56 Å². The molecule has 0 atom stereocenters. The van der Waals surface area contributed by atoms with Gasteiger partial charge in [-0.25, -0.2) is 4.98 Å². The standard InChI is InChI=1S/C22H22N2O4/c1-26-19-11-10-16(15-20(19)27-2)12-14-23-21(25)18-9-6-13-24-22(18)28-17-7-4-3-5-8-17/h3-11,13,15H,12,14H2,1-2H3,(H,23,25). The van der Waals surface area contributed by atoms with Gasteiger partial charge >= 0.3 is 0 Å². The molecule has 0 bridgehead atoms. The summed E-state index contributed by atoms with van der Waals surface area (Å²) in [5, 5.41) is 2.91. The highest BCUT2D eigenvalue weighted by Crippen LogP contribution is 2.27. The fourth-order valence-corrected chi connectivity index (χ4v) is 2.70. The molecular formula is C22H22N2O4. The first-order chi connectivity index (χ1) is 13.7. The molecule has 0 aliphatic rings. The van der Waals surface area contributed by atoms with Gasteiger partial charge < -0.3 is 19.5 Å². The van der Waals surface area contributed by atoms with Crippen LogP contribution in [0.3, 0.4) is 0 Å². The number of ether oxygens (including phenoxy) is 3. The van der Waals surface area contributed by atoms with Crippen molar-refractivity contribution in [2.24, 2.45) is 0 Å². The van der Waals surface area contributed by atoms with Crippen LogP contribution >= 0.6 is 0 Å². The highest BCUT2D eigenvalue weighted by atomic mass is 16.5. The molecule has 2 aromatic carbocycles. The van der Waals surface area contributed by atoms with Gasteiger partial charge in [-0.15, -0.1) is 0 Å². The third-order valence-electron chi connectivity index (χ3n) is 4.12. The van der Waals surface area contributed by atoms with Crippen LogP contribution in [-0.4, -0.2) is 31.7 Å². The average molecular weight is 378 g/mol. The molecule has 28 heavy (non-hydrogen) atoms. The first-order valence-corrected chi connectivity index (χ1v) is 8.88. The first kappa shape index (κ1) is 19.2. The molecule has 0 aliphatic heterocycles. The number of amides is 1. The van der Waals surface area contributed by atoms with E-state index < -0.39 is 0 Å². The molecule has 0 unspecified atom stereocenters. The zero-order chi connectivity index (χ0) is 19.8. The quantitative estimate of drug-likeness (QED) is 0.644. The van der Waals surface area contributed by atoms with E-state index in [1.165, 1.54) is 0 Å². The molecule has 1 aromatic heterocycles. The number of hydrogen-bond acceptors (Lipinski definition) is 5. The van der Waals surface area contributed by atoms with Crippen LogP contribution in [0.1, 0.15) is 15.9 Å². The lowest BCUT2D eigenvalue weighted by molar-refractivity contribution is 0.0951. The first-order valence-electron chi connectivity index (χ1n) is 8.88. The highest BCUT2D eigenvalue weighted by Gasteiger charge is 2.14. The van der Waals surface area contributed by atoms with E-state index in [-0.39, 0.29) is 11.8 Å². The van der Waals surface area contributed by atoms with Crippen molar-refractivity contribution in [1.82, 2.24) is 10.3 Å². The summed E-state index contributed by atoms with van der Waals surface area (Å²) in [7, 11) is 3.20. The summed E-state index contributed by atoms with van der Waals surface area (Å²) in [5.74, 6) is 2.00. The Morgan fingerprint density at radius 3 is 2.50 bits per heavy atom. The molecule has 6 nitrogen and oxygen atoms in total. The molecule has 0 aliphatic carbocycles. The number of pyridine rings is 1. The molecule has 1 amide bonds. The van der Waals surface area contributed by atoms with Crippen LogP contribution in [0, 0.1) is 0 Å². The summed E-state index contributed by atoms with van der Waals surface area (Å²) < 4.78 is 16.3. The second-order valence-corrected chi connectivity index (χ2v) is 5.97. The Morgan fingerprint density at radius 2 is 1.75 bits per heavy atom. The summed E-state index contributed by atoms with van der Waals surface area (Å²) in [5.41, 5.74) is 1.42. The van der Waals surface area contributed by atoms with Crippen molar-refractivity contribution in [3.05, 3.63) is 78.0 Å². The molecule has 144 valence electrons. The van der Waals surface area contributed by atoms with Gasteiger partial charge in [-0.1, -0.05) is 24.3 Å². The molecule has 0 fully saturated rings. The van der Waals surface area contributed by atoms with Gasteiger partial charge in [-0.3, -0.25) is 4.79 Å². The molecule has 3 rings (SSSR count). The Morgan fingerprint density at radius 1 is 0.964 bits per heavy atom. The lowest BCUT2D eigenvalue weighted by Gasteiger charge is -2.11. The molecule has 1 heterocycles. The number of para-hydroxylation sites is 1. The Kier molecular flexibility index (Phi) is 6.46. The predicted octanol–water partition coefficient (Wildman–Crippen LogP) is 3.86. The maximum absolute atomic E-state index is 12.6. The maximum atomic E-state index is 12.6. The fourth-order valence-electron chi connectivity index (χ4n) is 2.70. The molecule has 0 spiro atoms. The van der Waals surface area contributed by atoms with E-state index in [9.17, 15) is 4.79 Å². The van der Waals surface area contributed by atoms with Crippen molar-refractivity contribution < 1.29 is 19.0 Å². The number of rotatable bonds is 8. The number of aromatic nitrogens is 1. The largest absolute Gasteiger partial charge is 0.493 e. The molecule has 6 heteroatoms. The molecular weight excluding hydrogens is 356 g/mol. The fraction of sp³-hybridized carbons (Fsp3) is 0.182. The van der Waals surface area contributed by atoms with E-state index in [0.29, 0.717) is 35.8 Å². The summed E-state index contributed by atoms with van der Waals surface area (Å²) in [6.45, 7) is 0.466. The normalized spacial score (nSPS) is 10.2. The Labute approximate surface area is 164 Å². The third-order valence-corrected chi connectivity index (χ3v) is 4.12. The minimum Gasteiger partial charge on any atom is -0.493 e. The summed E-state index contributed by atoms with van der Waals surface area (Å²) in [6.07, 6.45) is 2.25. The number of nitrogens with one attached hydrogen (secondary N) is 1.